The van der Waals surface area contributed by atoms with Crippen LogP contribution in [-0.4, -0.2) is 10.3 Å². The van der Waals surface area contributed by atoms with Crippen LogP contribution in [0.25, 0.3) is 0 Å². The molecule has 2 aromatic carbocycles. The zero-order chi connectivity index (χ0) is 19.3. The quantitative estimate of drug-likeness (QED) is 0.618. The maximum atomic E-state index is 6.35. The highest BCUT2D eigenvalue weighted by molar-refractivity contribution is 6.42. The van der Waals surface area contributed by atoms with Gasteiger partial charge in [-0.15, -0.1) is 0 Å². The zero-order valence-corrected chi connectivity index (χ0v) is 16.2. The van der Waals surface area contributed by atoms with Gasteiger partial charge in [0.1, 0.15) is 0 Å². The number of benzene rings is 2. The molecule has 7 nitrogen and oxygen atoms in total. The number of fused-ring (bicyclic) bond motifs is 1. The van der Waals surface area contributed by atoms with Gasteiger partial charge < -0.3 is 11.5 Å². The lowest BCUT2D eigenvalue weighted by atomic mass is 10.2. The Labute approximate surface area is 169 Å². The lowest BCUT2D eigenvalue weighted by molar-refractivity contribution is 0.309. The first-order chi connectivity index (χ1) is 12.9. The van der Waals surface area contributed by atoms with Crippen molar-refractivity contribution in [1.82, 2.24) is 10.3 Å². The van der Waals surface area contributed by atoms with Crippen LogP contribution in [0.3, 0.4) is 0 Å². The molecule has 27 heavy (non-hydrogen) atoms. The van der Waals surface area contributed by atoms with Crippen molar-refractivity contribution in [2.24, 2.45) is 11.5 Å². The zero-order valence-electron chi connectivity index (χ0n) is 13.9. The Hall–Kier alpha value is -2.61. The molecule has 2 heterocycles. The smallest absolute Gasteiger partial charge is 0.229 e. The molecule has 0 radical (unpaired) electrons. The van der Waals surface area contributed by atoms with Gasteiger partial charge in [0.05, 0.1) is 15.7 Å². The Morgan fingerprint density at radius 2 is 1.30 bits per heavy atom. The van der Waals surface area contributed by atoms with Crippen LogP contribution in [0.15, 0.2) is 52.7 Å². The summed E-state index contributed by atoms with van der Waals surface area (Å²) >= 11 is 18.3. The average Bonchev–Trinajstić information content (AvgIpc) is 3.10. The van der Waals surface area contributed by atoms with Crippen molar-refractivity contribution in [2.45, 2.75) is 6.92 Å². The molecule has 1 aromatic heterocycles. The van der Waals surface area contributed by atoms with E-state index in [-0.39, 0.29) is 11.6 Å². The lowest BCUT2D eigenvalue weighted by Crippen LogP contribution is -2.38. The molecule has 0 amide bonds. The number of hydrogen-bond donors (Lipinski definition) is 2. The number of rotatable bonds is 2. The third-order valence-corrected chi connectivity index (χ3v) is 5.35. The van der Waals surface area contributed by atoms with Gasteiger partial charge in [0, 0.05) is 10.7 Å². The second-order valence-corrected chi connectivity index (χ2v) is 7.11. The molecule has 3 aromatic rings. The standard InChI is InChI=1S/C17H13Cl3N6O/c1-8-6-9(2-4-11(8)18)25-14(21)15(22)26(17-16(25)23-27-24-17)10-3-5-12(19)13(20)7-10/h2-7H,21-22H2,1H3. The summed E-state index contributed by atoms with van der Waals surface area (Å²) in [6.07, 6.45) is 0. The van der Waals surface area contributed by atoms with Crippen molar-refractivity contribution in [3.05, 3.63) is 68.7 Å². The molecule has 138 valence electrons. The average molecular weight is 424 g/mol. The van der Waals surface area contributed by atoms with Gasteiger partial charge in [-0.2, -0.15) is 0 Å². The first-order valence-corrected chi connectivity index (χ1v) is 8.91. The maximum absolute atomic E-state index is 6.35. The molecule has 0 aliphatic carbocycles. The van der Waals surface area contributed by atoms with Crippen LogP contribution in [0.2, 0.25) is 15.1 Å². The summed E-state index contributed by atoms with van der Waals surface area (Å²) in [5, 5.41) is 9.43. The van der Waals surface area contributed by atoms with Gasteiger partial charge in [-0.3, -0.25) is 9.80 Å². The Bertz CT molecular complexity index is 998. The van der Waals surface area contributed by atoms with E-state index in [0.29, 0.717) is 32.4 Å². The minimum absolute atomic E-state index is 0.240. The first-order valence-electron chi connectivity index (χ1n) is 7.77. The fraction of sp³-hybridized carbons (Fsp3) is 0.0588. The van der Waals surface area contributed by atoms with Gasteiger partial charge in [0.25, 0.3) is 0 Å². The number of hydrogen-bond acceptors (Lipinski definition) is 7. The van der Waals surface area contributed by atoms with Gasteiger partial charge in [-0.05, 0) is 59.2 Å². The fourth-order valence-electron chi connectivity index (χ4n) is 2.83. The molecule has 10 heteroatoms. The maximum Gasteiger partial charge on any atom is 0.229 e. The molecular weight excluding hydrogens is 411 g/mol. The second-order valence-electron chi connectivity index (χ2n) is 5.88. The van der Waals surface area contributed by atoms with Gasteiger partial charge in [0.2, 0.25) is 11.6 Å². The molecule has 0 unspecified atom stereocenters. The monoisotopic (exact) mass is 422 g/mol. The third kappa shape index (κ3) is 2.84. The summed E-state index contributed by atoms with van der Waals surface area (Å²) in [5.41, 5.74) is 14.9. The number of aromatic nitrogens is 2. The minimum Gasteiger partial charge on any atom is -0.382 e. The highest BCUT2D eigenvalue weighted by Crippen LogP contribution is 2.43. The molecule has 0 saturated carbocycles. The molecule has 0 fully saturated rings. The van der Waals surface area contributed by atoms with E-state index in [1.807, 2.05) is 19.1 Å². The Balaban J connectivity index is 1.88. The number of anilines is 4. The van der Waals surface area contributed by atoms with Crippen LogP contribution >= 0.6 is 34.8 Å². The minimum atomic E-state index is 0.240. The van der Waals surface area contributed by atoms with E-state index in [9.17, 15) is 0 Å². The normalized spacial score (nSPS) is 13.9. The number of halogens is 3. The van der Waals surface area contributed by atoms with Crippen molar-refractivity contribution in [2.75, 3.05) is 9.80 Å². The third-order valence-electron chi connectivity index (χ3n) is 4.18. The van der Waals surface area contributed by atoms with Crippen molar-refractivity contribution < 1.29 is 4.63 Å². The first kappa shape index (κ1) is 17.8. The summed E-state index contributed by atoms with van der Waals surface area (Å²) in [5.74, 6) is 1.25. The molecule has 1 aliphatic heterocycles. The summed E-state index contributed by atoms with van der Waals surface area (Å²) < 4.78 is 4.97. The van der Waals surface area contributed by atoms with Crippen molar-refractivity contribution in [1.29, 1.82) is 0 Å². The highest BCUT2D eigenvalue weighted by Gasteiger charge is 2.35. The van der Waals surface area contributed by atoms with Crippen LogP contribution in [0.4, 0.5) is 23.0 Å². The number of nitrogens with zero attached hydrogens (tertiary/aromatic N) is 4. The van der Waals surface area contributed by atoms with Crippen molar-refractivity contribution in [3.8, 4) is 0 Å². The molecule has 4 N–H and O–H groups in total. The van der Waals surface area contributed by atoms with E-state index in [4.69, 9.17) is 50.9 Å². The number of nitrogens with two attached hydrogens (primary N) is 2. The molecule has 0 spiro atoms. The van der Waals surface area contributed by atoms with E-state index < -0.39 is 0 Å². The summed E-state index contributed by atoms with van der Waals surface area (Å²) in [6, 6.07) is 10.5. The van der Waals surface area contributed by atoms with Crippen LogP contribution in [0, 0.1) is 6.92 Å². The van der Waals surface area contributed by atoms with Crippen molar-refractivity contribution >= 4 is 57.8 Å². The van der Waals surface area contributed by atoms with E-state index in [1.54, 1.807) is 34.1 Å². The molecule has 4 rings (SSSR count). The lowest BCUT2D eigenvalue weighted by Gasteiger charge is -2.34. The number of aryl methyl sites for hydroxylation is 1. The predicted molar refractivity (Wildman–Crippen MR) is 107 cm³/mol. The van der Waals surface area contributed by atoms with Crippen molar-refractivity contribution in [3.63, 3.8) is 0 Å². The fourth-order valence-corrected chi connectivity index (χ4v) is 3.24. The summed E-state index contributed by atoms with van der Waals surface area (Å²) in [6.45, 7) is 1.89. The van der Waals surface area contributed by atoms with E-state index >= 15 is 0 Å². The Morgan fingerprint density at radius 3 is 1.81 bits per heavy atom. The highest BCUT2D eigenvalue weighted by atomic mass is 35.5. The largest absolute Gasteiger partial charge is 0.382 e. The molecule has 0 atom stereocenters. The molecule has 1 aliphatic rings. The Kier molecular flexibility index (Phi) is 4.30. The molecule has 0 bridgehead atoms. The van der Waals surface area contributed by atoms with Crippen LogP contribution in [-0.2, 0) is 0 Å². The van der Waals surface area contributed by atoms with Crippen LogP contribution < -0.4 is 21.3 Å². The topological polar surface area (TPSA) is 97.4 Å². The SMILES string of the molecule is Cc1cc(N2C(N)=C(N)N(c3ccc(Cl)c(Cl)c3)c3nonc32)ccc1Cl. The van der Waals surface area contributed by atoms with Crippen LogP contribution in [0.1, 0.15) is 5.56 Å². The predicted octanol–water partition coefficient (Wildman–Crippen LogP) is 4.67. The van der Waals surface area contributed by atoms with Gasteiger partial charge >= 0.3 is 0 Å². The summed E-state index contributed by atoms with van der Waals surface area (Å²) in [4.78, 5) is 3.25. The van der Waals surface area contributed by atoms with Gasteiger partial charge in [-0.25, -0.2) is 4.63 Å². The second kappa shape index (κ2) is 6.53. The van der Waals surface area contributed by atoms with E-state index in [1.165, 1.54) is 0 Å². The van der Waals surface area contributed by atoms with Gasteiger partial charge in [0.15, 0.2) is 11.6 Å². The molecular formula is C17H13Cl3N6O. The van der Waals surface area contributed by atoms with Gasteiger partial charge in [-0.1, -0.05) is 34.8 Å². The summed E-state index contributed by atoms with van der Waals surface area (Å²) in [7, 11) is 0. The van der Waals surface area contributed by atoms with E-state index in [0.717, 1.165) is 11.3 Å². The molecule has 0 saturated heterocycles. The Morgan fingerprint density at radius 1 is 0.778 bits per heavy atom. The van der Waals surface area contributed by atoms with E-state index in [2.05, 4.69) is 10.3 Å². The van der Waals surface area contributed by atoms with Crippen LogP contribution in [0.5, 0.6) is 0 Å².